The van der Waals surface area contributed by atoms with Gasteiger partial charge in [0, 0.05) is 6.20 Å². The summed E-state index contributed by atoms with van der Waals surface area (Å²) in [7, 11) is 0. The van der Waals surface area contributed by atoms with Crippen molar-refractivity contribution in [3.63, 3.8) is 0 Å². The number of hydrogen-bond acceptors (Lipinski definition) is 7. The zero-order valence-electron chi connectivity index (χ0n) is 8.43. The largest absolute Gasteiger partial charge is 0.394 e. The molecule has 4 N–H and O–H groups in total. The summed E-state index contributed by atoms with van der Waals surface area (Å²) in [6, 6.07) is 0. The van der Waals surface area contributed by atoms with Crippen LogP contribution in [0.1, 0.15) is 0 Å². The molecule has 0 spiro atoms. The highest BCUT2D eigenvalue weighted by Crippen LogP contribution is 2.36. The van der Waals surface area contributed by atoms with Crippen LogP contribution in [0.4, 0.5) is 0 Å². The number of ether oxygens (including phenoxy) is 2. The first-order chi connectivity index (χ1) is 7.70. The van der Waals surface area contributed by atoms with E-state index in [4.69, 9.17) is 20.3 Å². The van der Waals surface area contributed by atoms with Gasteiger partial charge in [-0.25, -0.2) is 4.99 Å². The van der Waals surface area contributed by atoms with Gasteiger partial charge in [0.2, 0.25) is 6.35 Å². The number of nitrogens with two attached hydrogens (primary N) is 1. The van der Waals surface area contributed by atoms with Crippen molar-refractivity contribution in [3.8, 4) is 0 Å². The van der Waals surface area contributed by atoms with E-state index in [1.54, 1.807) is 17.2 Å². The zero-order valence-corrected chi connectivity index (χ0v) is 8.43. The van der Waals surface area contributed by atoms with Crippen LogP contribution < -0.4 is 5.73 Å². The van der Waals surface area contributed by atoms with E-state index in [0.29, 0.717) is 5.84 Å². The summed E-state index contributed by atoms with van der Waals surface area (Å²) in [6.45, 7) is -0.231. The Balaban J connectivity index is 1.83. The summed E-state index contributed by atoms with van der Waals surface area (Å²) in [5.41, 5.74) is 5.54. The topological polar surface area (TPSA) is 101 Å². The van der Waals surface area contributed by atoms with E-state index in [-0.39, 0.29) is 6.61 Å². The molecule has 3 rings (SSSR count). The molecule has 0 aromatic heterocycles. The molecule has 3 heterocycles. The minimum absolute atomic E-state index is 0.231. The van der Waals surface area contributed by atoms with Crippen LogP contribution in [0.2, 0.25) is 0 Å². The van der Waals surface area contributed by atoms with Gasteiger partial charge in [-0.2, -0.15) is 0 Å². The van der Waals surface area contributed by atoms with Crippen LogP contribution >= 0.6 is 0 Å². The minimum Gasteiger partial charge on any atom is -0.394 e. The molecular weight excluding hydrogens is 214 g/mol. The third-order valence-electron chi connectivity index (χ3n) is 3.00. The van der Waals surface area contributed by atoms with Crippen LogP contribution in [0.25, 0.3) is 0 Å². The average molecular weight is 227 g/mol. The Morgan fingerprint density at radius 3 is 3.06 bits per heavy atom. The van der Waals surface area contributed by atoms with E-state index in [0.717, 1.165) is 0 Å². The molecule has 0 amide bonds. The van der Waals surface area contributed by atoms with Crippen LogP contribution in [0, 0.1) is 0 Å². The second-order valence-corrected chi connectivity index (χ2v) is 3.98. The first-order valence-corrected chi connectivity index (χ1v) is 5.09. The third-order valence-corrected chi connectivity index (χ3v) is 3.00. The van der Waals surface area contributed by atoms with Crippen molar-refractivity contribution in [1.29, 1.82) is 0 Å². The molecule has 0 aromatic rings. The van der Waals surface area contributed by atoms with Crippen LogP contribution in [-0.2, 0) is 9.47 Å². The Morgan fingerprint density at radius 1 is 1.50 bits per heavy atom. The molecule has 7 nitrogen and oxygen atoms in total. The fourth-order valence-corrected chi connectivity index (χ4v) is 2.18. The lowest BCUT2D eigenvalue weighted by Crippen LogP contribution is -2.37. The summed E-state index contributed by atoms with van der Waals surface area (Å²) >= 11 is 0. The molecule has 2 saturated heterocycles. The summed E-state index contributed by atoms with van der Waals surface area (Å²) in [4.78, 5) is 5.81. The van der Waals surface area contributed by atoms with Gasteiger partial charge in [-0.15, -0.1) is 0 Å². The molecule has 0 radical (unpaired) electrons. The predicted molar refractivity (Wildman–Crippen MR) is 53.0 cm³/mol. The summed E-state index contributed by atoms with van der Waals surface area (Å²) in [5.74, 6) is 0.384. The molecule has 3 aliphatic rings. The van der Waals surface area contributed by atoms with E-state index in [2.05, 4.69) is 4.99 Å². The first kappa shape index (κ1) is 10.0. The predicted octanol–water partition coefficient (Wildman–Crippen LogP) is -2.07. The maximum Gasteiger partial charge on any atom is 0.232 e. The Labute approximate surface area is 91.8 Å². The summed E-state index contributed by atoms with van der Waals surface area (Å²) in [6.07, 6.45) is 0.480. The molecule has 0 saturated carbocycles. The van der Waals surface area contributed by atoms with E-state index in [9.17, 15) is 5.11 Å². The SMILES string of the molecule is NC1=NC2OC3C(O)C(CO)OC3N2C=C1. The molecule has 5 unspecified atom stereocenters. The monoisotopic (exact) mass is 227 g/mol. The number of rotatable bonds is 1. The van der Waals surface area contributed by atoms with Gasteiger partial charge in [-0.05, 0) is 6.08 Å². The summed E-state index contributed by atoms with van der Waals surface area (Å²) < 4.78 is 11.0. The van der Waals surface area contributed by atoms with Gasteiger partial charge in [0.25, 0.3) is 0 Å². The Bertz CT molecular complexity index is 359. The lowest BCUT2D eigenvalue weighted by Gasteiger charge is -2.26. The maximum atomic E-state index is 9.83. The minimum atomic E-state index is -0.842. The Hall–Kier alpha value is -1.15. The molecule has 88 valence electrons. The van der Waals surface area contributed by atoms with E-state index < -0.39 is 30.9 Å². The molecule has 2 fully saturated rings. The van der Waals surface area contributed by atoms with Gasteiger partial charge < -0.3 is 30.3 Å². The second-order valence-electron chi connectivity index (χ2n) is 3.98. The van der Waals surface area contributed by atoms with Crippen molar-refractivity contribution in [2.24, 2.45) is 10.7 Å². The smallest absolute Gasteiger partial charge is 0.232 e. The third kappa shape index (κ3) is 1.26. The van der Waals surface area contributed by atoms with Crippen LogP contribution in [0.3, 0.4) is 0 Å². The number of amidine groups is 1. The quantitative estimate of drug-likeness (QED) is 0.476. The van der Waals surface area contributed by atoms with E-state index >= 15 is 0 Å². The lowest BCUT2D eigenvalue weighted by molar-refractivity contribution is -0.0910. The van der Waals surface area contributed by atoms with Gasteiger partial charge in [0.05, 0.1) is 6.61 Å². The molecular formula is C9H13N3O4. The number of fused-ring (bicyclic) bond motifs is 3. The molecule has 0 aliphatic carbocycles. The lowest BCUT2D eigenvalue weighted by atomic mass is 10.1. The highest BCUT2D eigenvalue weighted by molar-refractivity contribution is 5.91. The maximum absolute atomic E-state index is 9.83. The summed E-state index contributed by atoms with van der Waals surface area (Å²) in [5, 5.41) is 18.8. The number of aliphatic hydroxyl groups is 2. The van der Waals surface area contributed by atoms with Crippen molar-refractivity contribution in [2.75, 3.05) is 6.61 Å². The molecule has 0 aromatic carbocycles. The normalized spacial score (nSPS) is 45.5. The van der Waals surface area contributed by atoms with Crippen molar-refractivity contribution >= 4 is 5.84 Å². The molecule has 5 atom stereocenters. The molecule has 16 heavy (non-hydrogen) atoms. The standard InChI is InChI=1S/C9H13N3O4/c10-5-1-2-12-8-7(16-9(12)11-5)6(14)4(3-13)15-8/h1-2,4,6-9,13-14H,3H2,(H2,10,11). The van der Waals surface area contributed by atoms with Gasteiger partial charge in [-0.1, -0.05) is 0 Å². The number of hydrogen-bond donors (Lipinski definition) is 3. The van der Waals surface area contributed by atoms with Crippen molar-refractivity contribution in [3.05, 3.63) is 12.3 Å². The number of aliphatic hydroxyl groups excluding tert-OH is 2. The van der Waals surface area contributed by atoms with Crippen LogP contribution in [-0.4, -0.2) is 58.4 Å². The van der Waals surface area contributed by atoms with Crippen LogP contribution in [0.5, 0.6) is 0 Å². The Kier molecular flexibility index (Phi) is 2.15. The highest BCUT2D eigenvalue weighted by Gasteiger charge is 2.54. The van der Waals surface area contributed by atoms with Gasteiger partial charge in [0.15, 0.2) is 6.23 Å². The number of nitrogens with zero attached hydrogens (tertiary/aromatic N) is 2. The van der Waals surface area contributed by atoms with Crippen molar-refractivity contribution in [1.82, 2.24) is 4.90 Å². The molecule has 3 aliphatic heterocycles. The van der Waals surface area contributed by atoms with Gasteiger partial charge in [0.1, 0.15) is 24.1 Å². The first-order valence-electron chi connectivity index (χ1n) is 5.09. The van der Waals surface area contributed by atoms with Crippen molar-refractivity contribution in [2.45, 2.75) is 30.9 Å². The van der Waals surface area contributed by atoms with E-state index in [1.807, 2.05) is 0 Å². The second kappa shape index (κ2) is 3.42. The fraction of sp³-hybridized carbons (Fsp3) is 0.667. The fourth-order valence-electron chi connectivity index (χ4n) is 2.18. The molecule has 0 bridgehead atoms. The van der Waals surface area contributed by atoms with Crippen molar-refractivity contribution < 1.29 is 19.7 Å². The average Bonchev–Trinajstić information content (AvgIpc) is 2.75. The molecule has 7 heteroatoms. The van der Waals surface area contributed by atoms with E-state index in [1.165, 1.54) is 0 Å². The van der Waals surface area contributed by atoms with Crippen LogP contribution in [0.15, 0.2) is 17.3 Å². The Morgan fingerprint density at radius 2 is 2.31 bits per heavy atom. The zero-order chi connectivity index (χ0) is 11.3. The highest BCUT2D eigenvalue weighted by atomic mass is 16.6. The number of aliphatic imine (C=N–C) groups is 1. The van der Waals surface area contributed by atoms with Gasteiger partial charge >= 0.3 is 0 Å². The van der Waals surface area contributed by atoms with Gasteiger partial charge in [-0.3, -0.25) is 0 Å².